The molecule has 6 nitrogen and oxygen atoms in total. The molecule has 0 amide bonds. The number of benzene rings is 2. The molecule has 0 bridgehead atoms. The second kappa shape index (κ2) is 10.1. The van der Waals surface area contributed by atoms with Crippen molar-refractivity contribution in [3.8, 4) is 0 Å². The average molecular weight is 425 g/mol. The zero-order valence-corrected chi connectivity index (χ0v) is 18.7. The molecule has 0 aliphatic heterocycles. The molecule has 1 aliphatic rings. The maximum atomic E-state index is 13.0. The first kappa shape index (κ1) is 22.9. The van der Waals surface area contributed by atoms with E-state index in [9.17, 15) is 14.9 Å². The minimum absolute atomic E-state index is 0.0427. The van der Waals surface area contributed by atoms with Gasteiger partial charge in [-0.25, -0.2) is 4.79 Å². The first-order valence-electron chi connectivity index (χ1n) is 10.9. The molecule has 1 saturated carbocycles. The van der Waals surface area contributed by atoms with Crippen molar-refractivity contribution in [3.63, 3.8) is 0 Å². The maximum Gasteiger partial charge on any atom is 0.338 e. The number of carbonyl (C=O) groups excluding carboxylic acids is 1. The lowest BCUT2D eigenvalue weighted by atomic mass is 9.69. The summed E-state index contributed by atoms with van der Waals surface area (Å²) >= 11 is 0. The van der Waals surface area contributed by atoms with Crippen LogP contribution in [0.15, 0.2) is 48.5 Å². The number of hydrogen-bond acceptors (Lipinski definition) is 5. The lowest BCUT2D eigenvalue weighted by Gasteiger charge is -2.41. The molecule has 1 atom stereocenters. The summed E-state index contributed by atoms with van der Waals surface area (Å²) in [4.78, 5) is 25.6. The summed E-state index contributed by atoms with van der Waals surface area (Å²) in [5, 5.41) is 10.9. The van der Waals surface area contributed by atoms with Gasteiger partial charge in [0.05, 0.1) is 10.5 Å². The molecule has 2 aromatic carbocycles. The number of carbonyl (C=O) groups is 1. The summed E-state index contributed by atoms with van der Waals surface area (Å²) in [5.41, 5.74) is 2.51. The van der Waals surface area contributed by atoms with Crippen LogP contribution in [0.3, 0.4) is 0 Å². The van der Waals surface area contributed by atoms with Crippen LogP contribution in [0.4, 0.5) is 5.69 Å². The third-order valence-corrected chi connectivity index (χ3v) is 6.16. The number of aryl methyl sites for hydroxylation is 1. The zero-order chi connectivity index (χ0) is 22.4. The molecule has 6 heteroatoms. The summed E-state index contributed by atoms with van der Waals surface area (Å²) < 4.78 is 6.06. The summed E-state index contributed by atoms with van der Waals surface area (Å²) in [7, 11) is 4.20. The monoisotopic (exact) mass is 424 g/mol. The van der Waals surface area contributed by atoms with Crippen LogP contribution in [0.1, 0.15) is 66.1 Å². The van der Waals surface area contributed by atoms with Gasteiger partial charge in [-0.05, 0) is 63.4 Å². The van der Waals surface area contributed by atoms with Crippen LogP contribution in [0.5, 0.6) is 0 Å². The lowest BCUT2D eigenvalue weighted by molar-refractivity contribution is -0.384. The highest BCUT2D eigenvalue weighted by atomic mass is 16.6. The number of ether oxygens (including phenoxy) is 1. The van der Waals surface area contributed by atoms with Gasteiger partial charge < -0.3 is 9.64 Å². The molecule has 0 N–H and O–H groups in total. The van der Waals surface area contributed by atoms with Crippen LogP contribution < -0.4 is 0 Å². The normalized spacial score (nSPS) is 16.6. The van der Waals surface area contributed by atoms with Gasteiger partial charge in [-0.15, -0.1) is 0 Å². The van der Waals surface area contributed by atoms with E-state index in [1.165, 1.54) is 43.5 Å². The van der Waals surface area contributed by atoms with E-state index in [0.717, 1.165) is 36.9 Å². The molecule has 0 radical (unpaired) electrons. The maximum absolute atomic E-state index is 13.0. The molecule has 1 fully saturated rings. The number of nitro groups is 1. The van der Waals surface area contributed by atoms with E-state index in [1.54, 1.807) is 0 Å². The Labute approximate surface area is 184 Å². The first-order chi connectivity index (χ1) is 14.8. The largest absolute Gasteiger partial charge is 0.454 e. The summed E-state index contributed by atoms with van der Waals surface area (Å²) in [5.74, 6) is -0.447. The topological polar surface area (TPSA) is 72.7 Å². The van der Waals surface area contributed by atoms with E-state index < -0.39 is 10.9 Å². The minimum atomic E-state index is -0.473. The van der Waals surface area contributed by atoms with Gasteiger partial charge in [-0.3, -0.25) is 10.1 Å². The minimum Gasteiger partial charge on any atom is -0.454 e. The van der Waals surface area contributed by atoms with E-state index in [1.807, 2.05) is 25.1 Å². The van der Waals surface area contributed by atoms with Crippen molar-refractivity contribution in [3.05, 3.63) is 75.3 Å². The van der Waals surface area contributed by atoms with Gasteiger partial charge in [0.1, 0.15) is 6.10 Å². The van der Waals surface area contributed by atoms with Gasteiger partial charge in [0.15, 0.2) is 0 Å². The fourth-order valence-electron chi connectivity index (χ4n) is 4.81. The van der Waals surface area contributed by atoms with Gasteiger partial charge in [0.2, 0.25) is 0 Å². The number of nitrogens with zero attached hydrogens (tertiary/aromatic N) is 2. The number of esters is 1. The number of non-ortho nitro benzene ring substituents is 1. The Balaban J connectivity index is 1.87. The van der Waals surface area contributed by atoms with Crippen molar-refractivity contribution in [2.24, 2.45) is 5.41 Å². The lowest BCUT2D eigenvalue weighted by Crippen LogP contribution is -2.37. The molecule has 31 heavy (non-hydrogen) atoms. The first-order valence-corrected chi connectivity index (χ1v) is 10.9. The van der Waals surface area contributed by atoms with Gasteiger partial charge in [0.25, 0.3) is 5.69 Å². The van der Waals surface area contributed by atoms with Crippen molar-refractivity contribution < 1.29 is 14.5 Å². The Morgan fingerprint density at radius 2 is 1.81 bits per heavy atom. The summed E-state index contributed by atoms with van der Waals surface area (Å²) in [6.45, 7) is 3.00. The van der Waals surface area contributed by atoms with Crippen molar-refractivity contribution in [1.82, 2.24) is 4.90 Å². The van der Waals surface area contributed by atoms with Gasteiger partial charge >= 0.3 is 5.97 Å². The Bertz CT molecular complexity index is 902. The van der Waals surface area contributed by atoms with Crippen LogP contribution in [-0.4, -0.2) is 36.4 Å². The van der Waals surface area contributed by atoms with Crippen LogP contribution in [0.25, 0.3) is 0 Å². The molecule has 2 aromatic rings. The Morgan fingerprint density at radius 3 is 2.39 bits per heavy atom. The highest BCUT2D eigenvalue weighted by Crippen LogP contribution is 2.44. The standard InChI is InChI=1S/C25H32N2O4/c1-19-8-7-9-21(16-19)23(17-25(18-26(2)3)14-5-4-6-15-25)31-24(28)20-10-12-22(13-11-20)27(29)30/h7-13,16,23H,4-6,14-15,17-18H2,1-3H3/t23-/m0/s1. The van der Waals surface area contributed by atoms with Crippen LogP contribution in [0, 0.1) is 22.5 Å². The summed E-state index contributed by atoms with van der Waals surface area (Å²) in [6, 6.07) is 13.7. The molecule has 3 rings (SSSR count). The second-order valence-corrected chi connectivity index (χ2v) is 9.11. The molecule has 0 unspecified atom stereocenters. The average Bonchev–Trinajstić information content (AvgIpc) is 2.73. The third-order valence-electron chi connectivity index (χ3n) is 6.16. The van der Waals surface area contributed by atoms with Crippen molar-refractivity contribution in [1.29, 1.82) is 0 Å². The molecular weight excluding hydrogens is 392 g/mol. The third kappa shape index (κ3) is 6.14. The number of nitro benzene ring substituents is 1. The number of rotatable bonds is 8. The van der Waals surface area contributed by atoms with E-state index in [0.29, 0.717) is 5.56 Å². The highest BCUT2D eigenvalue weighted by molar-refractivity contribution is 5.89. The van der Waals surface area contributed by atoms with Gasteiger partial charge in [-0.2, -0.15) is 0 Å². The van der Waals surface area contributed by atoms with E-state index in [-0.39, 0.29) is 17.2 Å². The Morgan fingerprint density at radius 1 is 1.13 bits per heavy atom. The summed E-state index contributed by atoms with van der Waals surface area (Å²) in [6.07, 6.45) is 6.32. The predicted octanol–water partition coefficient (Wildman–Crippen LogP) is 5.70. The smallest absolute Gasteiger partial charge is 0.338 e. The van der Waals surface area contributed by atoms with Gasteiger partial charge in [0, 0.05) is 18.7 Å². The number of hydrogen-bond donors (Lipinski definition) is 0. The van der Waals surface area contributed by atoms with E-state index in [4.69, 9.17) is 4.74 Å². The fourth-order valence-corrected chi connectivity index (χ4v) is 4.81. The predicted molar refractivity (Wildman–Crippen MR) is 121 cm³/mol. The van der Waals surface area contributed by atoms with Crippen molar-refractivity contribution >= 4 is 11.7 Å². The van der Waals surface area contributed by atoms with E-state index in [2.05, 4.69) is 25.1 Å². The van der Waals surface area contributed by atoms with Crippen LogP contribution in [-0.2, 0) is 4.74 Å². The molecule has 1 aliphatic carbocycles. The van der Waals surface area contributed by atoms with Crippen LogP contribution >= 0.6 is 0 Å². The molecular formula is C25H32N2O4. The fraction of sp³-hybridized carbons (Fsp3) is 0.480. The van der Waals surface area contributed by atoms with Crippen LogP contribution in [0.2, 0.25) is 0 Å². The van der Waals surface area contributed by atoms with Crippen molar-refractivity contribution in [2.45, 2.75) is 51.6 Å². The van der Waals surface area contributed by atoms with Gasteiger partial charge in [-0.1, -0.05) is 49.1 Å². The SMILES string of the molecule is Cc1cccc([C@H](CC2(CN(C)C)CCCCC2)OC(=O)c2ccc([N+](=O)[O-])cc2)c1. The second-order valence-electron chi connectivity index (χ2n) is 9.11. The molecule has 0 saturated heterocycles. The molecule has 0 heterocycles. The molecule has 0 spiro atoms. The Kier molecular flexibility index (Phi) is 7.44. The van der Waals surface area contributed by atoms with E-state index >= 15 is 0 Å². The Hall–Kier alpha value is -2.73. The molecule has 166 valence electrons. The zero-order valence-electron chi connectivity index (χ0n) is 18.7. The molecule has 0 aromatic heterocycles. The quantitative estimate of drug-likeness (QED) is 0.309. The van der Waals surface area contributed by atoms with Crippen molar-refractivity contribution in [2.75, 3.05) is 20.6 Å². The highest BCUT2D eigenvalue weighted by Gasteiger charge is 2.37.